The van der Waals surface area contributed by atoms with Crippen molar-refractivity contribution in [1.82, 2.24) is 15.4 Å². The number of carbonyl (C=O) groups excluding carboxylic acids is 1. The summed E-state index contributed by atoms with van der Waals surface area (Å²) in [6, 6.07) is 4.99. The number of aromatic nitrogens is 3. The smallest absolute Gasteiger partial charge is 0.278 e. The third-order valence-electron chi connectivity index (χ3n) is 2.14. The van der Waals surface area contributed by atoms with Crippen LogP contribution in [0.3, 0.4) is 0 Å². The number of halogens is 2. The zero-order valence-corrected chi connectivity index (χ0v) is 10.3. The van der Waals surface area contributed by atoms with E-state index in [9.17, 15) is 4.79 Å². The molecule has 2 rings (SSSR count). The number of rotatable bonds is 2. The van der Waals surface area contributed by atoms with Crippen molar-refractivity contribution in [3.05, 3.63) is 39.6 Å². The topological polar surface area (TPSA) is 70.7 Å². The van der Waals surface area contributed by atoms with Gasteiger partial charge in [-0.2, -0.15) is 15.4 Å². The molecule has 17 heavy (non-hydrogen) atoms. The number of H-pyrrole nitrogens is 1. The van der Waals surface area contributed by atoms with Crippen molar-refractivity contribution < 1.29 is 4.79 Å². The quantitative estimate of drug-likeness (QED) is 0.882. The maximum Gasteiger partial charge on any atom is 0.278 e. The van der Waals surface area contributed by atoms with Crippen molar-refractivity contribution in [1.29, 1.82) is 0 Å². The molecule has 7 heteroatoms. The summed E-state index contributed by atoms with van der Waals surface area (Å²) >= 11 is 11.8. The first-order chi connectivity index (χ1) is 8.09. The Morgan fingerprint density at radius 3 is 2.76 bits per heavy atom. The second-order valence-corrected chi connectivity index (χ2v) is 4.10. The zero-order chi connectivity index (χ0) is 12.4. The van der Waals surface area contributed by atoms with Gasteiger partial charge in [0, 0.05) is 0 Å². The highest BCUT2D eigenvalue weighted by molar-refractivity contribution is 6.44. The van der Waals surface area contributed by atoms with Crippen LogP contribution in [0.25, 0.3) is 0 Å². The van der Waals surface area contributed by atoms with Crippen LogP contribution in [-0.4, -0.2) is 21.3 Å². The van der Waals surface area contributed by atoms with E-state index in [4.69, 9.17) is 23.2 Å². The average Bonchev–Trinajstić information content (AvgIpc) is 2.71. The second-order valence-electron chi connectivity index (χ2n) is 3.31. The fourth-order valence-electron chi connectivity index (χ4n) is 1.28. The van der Waals surface area contributed by atoms with Gasteiger partial charge < -0.3 is 5.32 Å². The van der Waals surface area contributed by atoms with Gasteiger partial charge in [-0.3, -0.25) is 4.79 Å². The number of nitrogens with zero attached hydrogens (tertiary/aromatic N) is 2. The van der Waals surface area contributed by atoms with Crippen LogP contribution in [0.5, 0.6) is 0 Å². The largest absolute Gasteiger partial charge is 0.319 e. The number of amides is 1. The van der Waals surface area contributed by atoms with Crippen molar-refractivity contribution in [2.45, 2.75) is 6.92 Å². The van der Waals surface area contributed by atoms with E-state index in [-0.39, 0.29) is 11.6 Å². The van der Waals surface area contributed by atoms with Crippen LogP contribution in [0, 0.1) is 6.92 Å². The first kappa shape index (κ1) is 11.9. The highest BCUT2D eigenvalue weighted by Gasteiger charge is 2.15. The Labute approximate surface area is 107 Å². The number of anilines is 1. The molecule has 0 unspecified atom stereocenters. The van der Waals surface area contributed by atoms with E-state index in [0.717, 1.165) is 0 Å². The van der Waals surface area contributed by atoms with E-state index < -0.39 is 0 Å². The van der Waals surface area contributed by atoms with Gasteiger partial charge in [0.2, 0.25) is 0 Å². The number of aryl methyl sites for hydroxylation is 1. The standard InChI is InChI=1S/C10H8Cl2N4O/c1-5-9(15-16-14-5)10(17)13-7-4-2-3-6(11)8(7)12/h2-4H,1H3,(H,13,17)(H,14,15,16). The first-order valence-electron chi connectivity index (χ1n) is 4.72. The van der Waals surface area contributed by atoms with Crippen molar-refractivity contribution >= 4 is 34.8 Å². The molecule has 2 N–H and O–H groups in total. The van der Waals surface area contributed by atoms with Crippen LogP contribution in [-0.2, 0) is 0 Å². The van der Waals surface area contributed by atoms with Crippen LogP contribution in [0.15, 0.2) is 18.2 Å². The molecule has 0 atom stereocenters. The molecular weight excluding hydrogens is 263 g/mol. The molecule has 88 valence electrons. The lowest BCUT2D eigenvalue weighted by Crippen LogP contribution is -2.14. The molecule has 1 aromatic heterocycles. The van der Waals surface area contributed by atoms with Gasteiger partial charge in [0.05, 0.1) is 21.4 Å². The summed E-state index contributed by atoms with van der Waals surface area (Å²) in [5.74, 6) is -0.389. The summed E-state index contributed by atoms with van der Waals surface area (Å²) in [6.07, 6.45) is 0. The van der Waals surface area contributed by atoms with Gasteiger partial charge in [0.1, 0.15) is 0 Å². The molecular formula is C10H8Cl2N4O. The zero-order valence-electron chi connectivity index (χ0n) is 8.79. The molecule has 0 saturated heterocycles. The monoisotopic (exact) mass is 270 g/mol. The molecule has 0 fully saturated rings. The molecule has 0 radical (unpaired) electrons. The molecule has 0 bridgehead atoms. The number of benzene rings is 1. The van der Waals surface area contributed by atoms with E-state index in [0.29, 0.717) is 21.4 Å². The maximum atomic E-state index is 11.8. The summed E-state index contributed by atoms with van der Waals surface area (Å²) < 4.78 is 0. The molecule has 0 spiro atoms. The fourth-order valence-corrected chi connectivity index (χ4v) is 1.63. The van der Waals surface area contributed by atoms with E-state index in [1.54, 1.807) is 25.1 Å². The molecule has 1 aromatic carbocycles. The third kappa shape index (κ3) is 2.40. The highest BCUT2D eigenvalue weighted by atomic mass is 35.5. The van der Waals surface area contributed by atoms with E-state index in [1.165, 1.54) is 0 Å². The lowest BCUT2D eigenvalue weighted by molar-refractivity contribution is 0.102. The number of aromatic amines is 1. The summed E-state index contributed by atoms with van der Waals surface area (Å²) in [7, 11) is 0. The molecule has 1 amide bonds. The molecule has 1 heterocycles. The van der Waals surface area contributed by atoms with Crippen LogP contribution < -0.4 is 5.32 Å². The average molecular weight is 271 g/mol. The Bertz CT molecular complexity index is 567. The van der Waals surface area contributed by atoms with Gasteiger partial charge in [-0.1, -0.05) is 29.3 Å². The predicted molar refractivity (Wildman–Crippen MR) is 65.5 cm³/mol. The number of hydrogen-bond donors (Lipinski definition) is 2. The molecule has 2 aromatic rings. The lowest BCUT2D eigenvalue weighted by Gasteiger charge is -2.06. The van der Waals surface area contributed by atoms with Gasteiger partial charge >= 0.3 is 0 Å². The first-order valence-corrected chi connectivity index (χ1v) is 5.48. The minimum Gasteiger partial charge on any atom is -0.319 e. The Morgan fingerprint density at radius 2 is 2.12 bits per heavy atom. The molecule has 0 aliphatic rings. The van der Waals surface area contributed by atoms with Crippen LogP contribution in [0.2, 0.25) is 10.0 Å². The van der Waals surface area contributed by atoms with Gasteiger partial charge in [0.25, 0.3) is 5.91 Å². The second kappa shape index (κ2) is 4.73. The predicted octanol–water partition coefficient (Wildman–Crippen LogP) is 2.67. The Balaban J connectivity index is 2.25. The van der Waals surface area contributed by atoms with E-state index in [1.807, 2.05) is 0 Å². The van der Waals surface area contributed by atoms with Crippen molar-refractivity contribution in [3.8, 4) is 0 Å². The van der Waals surface area contributed by atoms with Crippen molar-refractivity contribution in [2.24, 2.45) is 0 Å². The van der Waals surface area contributed by atoms with Crippen molar-refractivity contribution in [2.75, 3.05) is 5.32 Å². The van der Waals surface area contributed by atoms with Crippen LogP contribution in [0.4, 0.5) is 5.69 Å². The summed E-state index contributed by atoms with van der Waals surface area (Å²) in [5, 5.41) is 13.2. The Kier molecular flexibility index (Phi) is 3.31. The van der Waals surface area contributed by atoms with Gasteiger partial charge in [-0.25, -0.2) is 0 Å². The number of nitrogens with one attached hydrogen (secondary N) is 2. The van der Waals surface area contributed by atoms with Gasteiger partial charge in [0.15, 0.2) is 5.69 Å². The van der Waals surface area contributed by atoms with Gasteiger partial charge in [-0.15, -0.1) is 0 Å². The Hall–Kier alpha value is -1.59. The molecule has 5 nitrogen and oxygen atoms in total. The van der Waals surface area contributed by atoms with Crippen LogP contribution >= 0.6 is 23.2 Å². The minimum atomic E-state index is -0.389. The van der Waals surface area contributed by atoms with Gasteiger partial charge in [-0.05, 0) is 19.1 Å². The Morgan fingerprint density at radius 1 is 1.35 bits per heavy atom. The third-order valence-corrected chi connectivity index (χ3v) is 2.96. The normalized spacial score (nSPS) is 10.3. The molecule has 0 aliphatic carbocycles. The lowest BCUT2D eigenvalue weighted by atomic mass is 10.3. The summed E-state index contributed by atoms with van der Waals surface area (Å²) in [4.78, 5) is 11.8. The molecule has 0 aliphatic heterocycles. The summed E-state index contributed by atoms with van der Waals surface area (Å²) in [5.41, 5.74) is 1.17. The highest BCUT2D eigenvalue weighted by Crippen LogP contribution is 2.29. The van der Waals surface area contributed by atoms with Crippen molar-refractivity contribution in [3.63, 3.8) is 0 Å². The maximum absolute atomic E-state index is 11.8. The number of carbonyl (C=O) groups is 1. The minimum absolute atomic E-state index is 0.223. The van der Waals surface area contributed by atoms with Crippen LogP contribution in [0.1, 0.15) is 16.2 Å². The SMILES string of the molecule is Cc1n[nH]nc1C(=O)Nc1cccc(Cl)c1Cl. The van der Waals surface area contributed by atoms with E-state index in [2.05, 4.69) is 20.7 Å². The molecule has 0 saturated carbocycles. The fraction of sp³-hybridized carbons (Fsp3) is 0.100. The van der Waals surface area contributed by atoms with E-state index >= 15 is 0 Å². The summed E-state index contributed by atoms with van der Waals surface area (Å²) in [6.45, 7) is 1.68. The number of hydrogen-bond acceptors (Lipinski definition) is 3.